The van der Waals surface area contributed by atoms with Gasteiger partial charge in [0.05, 0.1) is 5.75 Å². The first-order chi connectivity index (χ1) is 9.07. The van der Waals surface area contributed by atoms with E-state index in [1.54, 1.807) is 4.90 Å². The van der Waals surface area contributed by atoms with Crippen LogP contribution in [0.2, 0.25) is 0 Å². The van der Waals surface area contributed by atoms with Crippen LogP contribution in [0.25, 0.3) is 0 Å². The minimum atomic E-state index is -3.41. The van der Waals surface area contributed by atoms with E-state index in [2.05, 4.69) is 0 Å². The molecule has 1 heterocycles. The molecule has 1 aliphatic heterocycles. The summed E-state index contributed by atoms with van der Waals surface area (Å²) >= 11 is 0. The van der Waals surface area contributed by atoms with Crippen molar-refractivity contribution in [2.45, 2.75) is 52.1 Å². The first-order valence-corrected chi connectivity index (χ1v) is 9.45. The molecule has 0 N–H and O–H groups in total. The zero-order valence-electron chi connectivity index (χ0n) is 12.4. The standard InChI is InChI=1S/C13H24ClNO4S/c1-13(2,3)19-12(16)15-8-4-6-11(10-15)7-5-9-20(14,17)18/h11H,4-10H2,1-3H3. The molecule has 1 atom stereocenters. The highest BCUT2D eigenvalue weighted by atomic mass is 35.7. The molecule has 1 fully saturated rings. The molecule has 0 aromatic heterocycles. The third-order valence-corrected chi connectivity index (χ3v) is 4.41. The molecule has 0 aliphatic carbocycles. The largest absolute Gasteiger partial charge is 0.444 e. The molecule has 1 rings (SSSR count). The summed E-state index contributed by atoms with van der Waals surface area (Å²) in [6.45, 7) is 6.88. The summed E-state index contributed by atoms with van der Waals surface area (Å²) in [4.78, 5) is 13.7. The van der Waals surface area contributed by atoms with Gasteiger partial charge in [-0.25, -0.2) is 13.2 Å². The SMILES string of the molecule is CC(C)(C)OC(=O)N1CCCC(CCCS(=O)(=O)Cl)C1. The Labute approximate surface area is 126 Å². The van der Waals surface area contributed by atoms with Crippen molar-refractivity contribution in [1.82, 2.24) is 4.90 Å². The number of amides is 1. The molecule has 0 aromatic rings. The number of carbonyl (C=O) groups excluding carboxylic acids is 1. The van der Waals surface area contributed by atoms with Gasteiger partial charge in [-0.1, -0.05) is 0 Å². The van der Waals surface area contributed by atoms with Crippen LogP contribution in [0.15, 0.2) is 0 Å². The summed E-state index contributed by atoms with van der Waals surface area (Å²) < 4.78 is 27.1. The van der Waals surface area contributed by atoms with Gasteiger partial charge in [0.1, 0.15) is 5.60 Å². The number of ether oxygens (including phenoxy) is 1. The van der Waals surface area contributed by atoms with E-state index in [-0.39, 0.29) is 11.8 Å². The maximum atomic E-state index is 12.0. The fourth-order valence-corrected chi connectivity index (χ4v) is 3.18. The highest BCUT2D eigenvalue weighted by molar-refractivity contribution is 8.13. The molecule has 1 saturated heterocycles. The van der Waals surface area contributed by atoms with Crippen molar-refractivity contribution >= 4 is 25.8 Å². The second-order valence-corrected chi connectivity index (χ2v) is 9.22. The molecule has 1 aliphatic rings. The van der Waals surface area contributed by atoms with Gasteiger partial charge in [0.2, 0.25) is 9.05 Å². The Morgan fingerprint density at radius 2 is 2.05 bits per heavy atom. The van der Waals surface area contributed by atoms with Crippen LogP contribution >= 0.6 is 10.7 Å². The molecule has 118 valence electrons. The van der Waals surface area contributed by atoms with Crippen LogP contribution in [-0.2, 0) is 13.8 Å². The van der Waals surface area contributed by atoms with E-state index in [9.17, 15) is 13.2 Å². The Bertz CT molecular complexity index is 430. The smallest absolute Gasteiger partial charge is 0.410 e. The lowest BCUT2D eigenvalue weighted by atomic mass is 9.94. The van der Waals surface area contributed by atoms with Gasteiger partial charge in [-0.05, 0) is 52.4 Å². The first-order valence-electron chi connectivity index (χ1n) is 6.97. The number of rotatable bonds is 4. The average molecular weight is 326 g/mol. The molecule has 0 saturated carbocycles. The van der Waals surface area contributed by atoms with Crippen molar-refractivity contribution in [3.05, 3.63) is 0 Å². The third kappa shape index (κ3) is 7.33. The van der Waals surface area contributed by atoms with E-state index in [0.717, 1.165) is 19.3 Å². The highest BCUT2D eigenvalue weighted by Crippen LogP contribution is 2.23. The van der Waals surface area contributed by atoms with E-state index >= 15 is 0 Å². The Hall–Kier alpha value is -0.490. The molecule has 7 heteroatoms. The van der Waals surface area contributed by atoms with E-state index in [0.29, 0.717) is 25.4 Å². The summed E-state index contributed by atoms with van der Waals surface area (Å²) in [5, 5.41) is 0. The van der Waals surface area contributed by atoms with Crippen molar-refractivity contribution in [2.24, 2.45) is 5.92 Å². The van der Waals surface area contributed by atoms with Gasteiger partial charge in [-0.15, -0.1) is 0 Å². The molecular weight excluding hydrogens is 302 g/mol. The van der Waals surface area contributed by atoms with E-state index in [1.165, 1.54) is 0 Å². The van der Waals surface area contributed by atoms with Crippen molar-refractivity contribution in [2.75, 3.05) is 18.8 Å². The predicted octanol–water partition coefficient (Wildman–Crippen LogP) is 2.98. The number of likely N-dealkylation sites (tertiary alicyclic amines) is 1. The number of piperidine rings is 1. The van der Waals surface area contributed by atoms with Gasteiger partial charge in [-0.3, -0.25) is 0 Å². The zero-order valence-corrected chi connectivity index (χ0v) is 14.0. The van der Waals surface area contributed by atoms with Crippen molar-refractivity contribution in [1.29, 1.82) is 0 Å². The molecule has 1 unspecified atom stereocenters. The molecule has 5 nitrogen and oxygen atoms in total. The van der Waals surface area contributed by atoms with Crippen molar-refractivity contribution < 1.29 is 17.9 Å². The second-order valence-electron chi connectivity index (χ2n) is 6.32. The molecule has 0 aromatic carbocycles. The van der Waals surface area contributed by atoms with Gasteiger partial charge in [-0.2, -0.15) is 0 Å². The fourth-order valence-electron chi connectivity index (χ4n) is 2.34. The highest BCUT2D eigenvalue weighted by Gasteiger charge is 2.27. The number of carbonyl (C=O) groups is 1. The van der Waals surface area contributed by atoms with Gasteiger partial charge in [0, 0.05) is 23.8 Å². The topological polar surface area (TPSA) is 63.7 Å². The van der Waals surface area contributed by atoms with E-state index in [1.807, 2.05) is 20.8 Å². The summed E-state index contributed by atoms with van der Waals surface area (Å²) in [6.07, 6.45) is 2.97. The van der Waals surface area contributed by atoms with Crippen molar-refractivity contribution in [3.63, 3.8) is 0 Å². The Kier molecular flexibility index (Phi) is 6.13. The Balaban J connectivity index is 2.40. The van der Waals surface area contributed by atoms with Crippen LogP contribution < -0.4 is 0 Å². The number of nitrogens with zero attached hydrogens (tertiary/aromatic N) is 1. The quantitative estimate of drug-likeness (QED) is 0.745. The Morgan fingerprint density at radius 1 is 1.40 bits per heavy atom. The van der Waals surface area contributed by atoms with Gasteiger partial charge >= 0.3 is 6.09 Å². The first kappa shape index (κ1) is 17.6. The second kappa shape index (κ2) is 6.98. The third-order valence-electron chi connectivity index (χ3n) is 3.17. The minimum Gasteiger partial charge on any atom is -0.444 e. The van der Waals surface area contributed by atoms with Gasteiger partial charge in [0.25, 0.3) is 0 Å². The lowest BCUT2D eigenvalue weighted by Gasteiger charge is -2.34. The summed E-state index contributed by atoms with van der Waals surface area (Å²) in [5.41, 5.74) is -0.489. The van der Waals surface area contributed by atoms with E-state index in [4.69, 9.17) is 15.4 Å². The normalized spacial score (nSPS) is 20.8. The maximum Gasteiger partial charge on any atom is 0.410 e. The van der Waals surface area contributed by atoms with Crippen LogP contribution in [0, 0.1) is 5.92 Å². The van der Waals surface area contributed by atoms with Crippen LogP contribution in [0.4, 0.5) is 4.79 Å². The monoisotopic (exact) mass is 325 g/mol. The number of halogens is 1. The molecule has 20 heavy (non-hydrogen) atoms. The molecule has 0 spiro atoms. The maximum absolute atomic E-state index is 12.0. The number of hydrogen-bond acceptors (Lipinski definition) is 4. The predicted molar refractivity (Wildman–Crippen MR) is 79.4 cm³/mol. The van der Waals surface area contributed by atoms with E-state index < -0.39 is 14.7 Å². The van der Waals surface area contributed by atoms with Crippen LogP contribution in [0.1, 0.15) is 46.5 Å². The average Bonchev–Trinajstić information content (AvgIpc) is 2.25. The molecule has 0 bridgehead atoms. The van der Waals surface area contributed by atoms with Crippen LogP contribution in [0.5, 0.6) is 0 Å². The minimum absolute atomic E-state index is 0.00249. The van der Waals surface area contributed by atoms with Gasteiger partial charge < -0.3 is 9.64 Å². The summed E-state index contributed by atoms with van der Waals surface area (Å²) in [5.74, 6) is 0.326. The van der Waals surface area contributed by atoms with Crippen molar-refractivity contribution in [3.8, 4) is 0 Å². The Morgan fingerprint density at radius 3 is 2.60 bits per heavy atom. The lowest BCUT2D eigenvalue weighted by Crippen LogP contribution is -2.42. The zero-order chi connectivity index (χ0) is 15.4. The van der Waals surface area contributed by atoms with Gasteiger partial charge in [0.15, 0.2) is 0 Å². The van der Waals surface area contributed by atoms with Crippen LogP contribution in [-0.4, -0.2) is 43.9 Å². The molecule has 1 amide bonds. The summed E-state index contributed by atoms with van der Waals surface area (Å²) in [7, 11) is 1.78. The van der Waals surface area contributed by atoms with Crippen LogP contribution in [0.3, 0.4) is 0 Å². The molecule has 0 radical (unpaired) electrons. The summed E-state index contributed by atoms with van der Waals surface area (Å²) in [6, 6.07) is 0. The fraction of sp³-hybridized carbons (Fsp3) is 0.923. The lowest BCUT2D eigenvalue weighted by molar-refractivity contribution is 0.0161. The number of hydrogen-bond donors (Lipinski definition) is 0. The molecular formula is C13H24ClNO4S.